The minimum atomic E-state index is -0.834. The summed E-state index contributed by atoms with van der Waals surface area (Å²) in [6, 6.07) is 0. The van der Waals surface area contributed by atoms with Crippen LogP contribution in [0.25, 0.3) is 0 Å². The van der Waals surface area contributed by atoms with Gasteiger partial charge < -0.3 is 9.64 Å². The van der Waals surface area contributed by atoms with Crippen molar-refractivity contribution < 1.29 is 14.3 Å². The van der Waals surface area contributed by atoms with E-state index in [-0.39, 0.29) is 11.7 Å². The zero-order valence-electron chi connectivity index (χ0n) is 11.6. The fraction of sp³-hybridized carbons (Fsp3) is 0.750. The minimum Gasteiger partial charge on any atom is -0.444 e. The Morgan fingerprint density at radius 1 is 1.11 bits per heavy atom. The molecular formula is C12H22N2O3P+. The van der Waals surface area contributed by atoms with Gasteiger partial charge in [0.2, 0.25) is 0 Å². The van der Waals surface area contributed by atoms with Crippen LogP contribution in [0.3, 0.4) is 0 Å². The molecule has 5 nitrogen and oxygen atoms in total. The smallest absolute Gasteiger partial charge is 0.418 e. The maximum Gasteiger partial charge on any atom is 0.418 e. The van der Waals surface area contributed by atoms with Gasteiger partial charge in [-0.15, -0.1) is 0 Å². The van der Waals surface area contributed by atoms with Gasteiger partial charge in [0.15, 0.2) is 7.55 Å². The quantitative estimate of drug-likeness (QED) is 0.688. The van der Waals surface area contributed by atoms with E-state index in [0.29, 0.717) is 26.2 Å². The third-order valence-electron chi connectivity index (χ3n) is 2.53. The van der Waals surface area contributed by atoms with E-state index < -0.39 is 13.1 Å². The summed E-state index contributed by atoms with van der Waals surface area (Å²) in [6.07, 6.45) is 3.48. The monoisotopic (exact) mass is 273 g/mol. The highest BCUT2D eigenvalue weighted by atomic mass is 31.1. The van der Waals surface area contributed by atoms with Gasteiger partial charge >= 0.3 is 11.7 Å². The molecule has 0 aromatic heterocycles. The van der Waals surface area contributed by atoms with Crippen molar-refractivity contribution in [1.29, 1.82) is 0 Å². The summed E-state index contributed by atoms with van der Waals surface area (Å²) in [4.78, 5) is 27.0. The lowest BCUT2D eigenvalue weighted by atomic mass is 10.2. The zero-order chi connectivity index (χ0) is 13.9. The summed E-state index contributed by atoms with van der Waals surface area (Å²) in [6.45, 7) is 9.58. The van der Waals surface area contributed by atoms with E-state index in [2.05, 4.69) is 6.30 Å². The van der Waals surface area contributed by atoms with Crippen molar-refractivity contribution in [3.05, 3.63) is 0 Å². The first-order valence-corrected chi connectivity index (χ1v) is 7.99. The van der Waals surface area contributed by atoms with Crippen molar-refractivity contribution in [2.45, 2.75) is 26.4 Å². The lowest BCUT2D eigenvalue weighted by Crippen LogP contribution is -2.50. The van der Waals surface area contributed by atoms with Crippen LogP contribution in [0.5, 0.6) is 0 Å². The van der Waals surface area contributed by atoms with Gasteiger partial charge in [-0.1, -0.05) is 0 Å². The van der Waals surface area contributed by atoms with Crippen LogP contribution in [0.1, 0.15) is 20.8 Å². The van der Waals surface area contributed by atoms with Crippen LogP contribution < -0.4 is 0 Å². The Balaban J connectivity index is 2.47. The Hall–Kier alpha value is -1.09. The molecule has 1 atom stereocenters. The van der Waals surface area contributed by atoms with Crippen molar-refractivity contribution in [2.75, 3.05) is 32.8 Å². The van der Waals surface area contributed by atoms with E-state index in [1.54, 1.807) is 9.80 Å². The highest BCUT2D eigenvalue weighted by molar-refractivity contribution is 7.71. The zero-order valence-corrected chi connectivity index (χ0v) is 12.5. The summed E-state index contributed by atoms with van der Waals surface area (Å²) in [5.41, 5.74) is -0.372. The van der Waals surface area contributed by atoms with Gasteiger partial charge in [0.25, 0.3) is 0 Å². The Morgan fingerprint density at radius 3 is 1.94 bits per heavy atom. The van der Waals surface area contributed by atoms with Gasteiger partial charge in [-0.25, -0.2) is 9.59 Å². The minimum absolute atomic E-state index is 0.105. The summed E-state index contributed by atoms with van der Waals surface area (Å²) in [7, 11) is -0.834. The van der Waals surface area contributed by atoms with Crippen molar-refractivity contribution in [1.82, 2.24) is 9.80 Å². The molecule has 18 heavy (non-hydrogen) atoms. The van der Waals surface area contributed by atoms with Gasteiger partial charge in [0.1, 0.15) is 12.3 Å². The normalized spacial score (nSPS) is 17.4. The van der Waals surface area contributed by atoms with E-state index in [1.165, 1.54) is 0 Å². The predicted octanol–water partition coefficient (Wildman–Crippen LogP) is 2.20. The van der Waals surface area contributed by atoms with Crippen LogP contribution in [0.4, 0.5) is 9.59 Å². The number of carbonyl (C=O) groups excluding carboxylic acids is 2. The van der Waals surface area contributed by atoms with Gasteiger partial charge in [-0.3, -0.25) is 4.90 Å². The summed E-state index contributed by atoms with van der Waals surface area (Å²) >= 11 is 0. The molecule has 0 aliphatic carbocycles. The topological polar surface area (TPSA) is 49.9 Å². The molecule has 102 valence electrons. The predicted molar refractivity (Wildman–Crippen MR) is 74.7 cm³/mol. The lowest BCUT2D eigenvalue weighted by molar-refractivity contribution is 0.0177. The molecule has 1 aliphatic heterocycles. The highest BCUT2D eigenvalue weighted by Crippen LogP contribution is 2.21. The van der Waals surface area contributed by atoms with Crippen molar-refractivity contribution >= 4 is 25.6 Å². The highest BCUT2D eigenvalue weighted by Gasteiger charge is 2.30. The van der Waals surface area contributed by atoms with Crippen LogP contribution >= 0.6 is 7.55 Å². The van der Waals surface area contributed by atoms with E-state index >= 15 is 0 Å². The Kier molecular flexibility index (Phi) is 4.74. The largest absolute Gasteiger partial charge is 0.444 e. The van der Waals surface area contributed by atoms with E-state index in [0.717, 1.165) is 0 Å². The molecule has 0 spiro atoms. The second-order valence-corrected chi connectivity index (χ2v) is 7.21. The molecule has 0 bridgehead atoms. The molecule has 1 unspecified atom stereocenters. The maximum absolute atomic E-state index is 11.8. The van der Waals surface area contributed by atoms with Crippen LogP contribution in [0, 0.1) is 0 Å². The summed E-state index contributed by atoms with van der Waals surface area (Å²) in [5, 5.41) is 0. The van der Waals surface area contributed by atoms with E-state index in [4.69, 9.17) is 4.74 Å². The molecule has 1 saturated heterocycles. The van der Waals surface area contributed by atoms with Gasteiger partial charge in [0.05, 0.1) is 6.30 Å². The van der Waals surface area contributed by atoms with E-state index in [1.807, 2.05) is 27.4 Å². The Morgan fingerprint density at radius 2 is 1.56 bits per heavy atom. The molecule has 0 N–H and O–H groups in total. The molecule has 1 fully saturated rings. The number of amides is 2. The number of nitrogens with zero attached hydrogens (tertiary/aromatic N) is 2. The molecule has 0 aromatic rings. The SMILES string of the molecule is C=[P+](C)C(=O)N1CCN(C(=O)OC(C)(C)C)CC1. The van der Waals surface area contributed by atoms with Crippen LogP contribution in [0.2, 0.25) is 0 Å². The van der Waals surface area contributed by atoms with Crippen LogP contribution in [0.15, 0.2) is 0 Å². The first-order chi connectivity index (χ1) is 8.20. The number of hydrogen-bond acceptors (Lipinski definition) is 3. The molecule has 1 aliphatic rings. The van der Waals surface area contributed by atoms with Gasteiger partial charge in [-0.2, -0.15) is 0 Å². The van der Waals surface area contributed by atoms with Crippen molar-refractivity contribution in [2.24, 2.45) is 0 Å². The summed E-state index contributed by atoms with van der Waals surface area (Å²) in [5.74, 6) is 0. The molecule has 1 heterocycles. The molecule has 0 aromatic carbocycles. The van der Waals surface area contributed by atoms with Crippen molar-refractivity contribution in [3.8, 4) is 0 Å². The average Bonchev–Trinajstić information content (AvgIpc) is 2.26. The number of hydrogen-bond donors (Lipinski definition) is 0. The van der Waals surface area contributed by atoms with Crippen molar-refractivity contribution in [3.63, 3.8) is 0 Å². The standard InChI is InChI=1S/C12H22N2O3P/c1-12(2,3)17-10(15)13-6-8-14(9-7-13)11(16)18(4)5/h4,6-9H2,1-3,5H3/q+1. The number of carbonyl (C=O) groups is 2. The molecule has 6 heteroatoms. The third-order valence-corrected chi connectivity index (χ3v) is 3.46. The molecule has 0 radical (unpaired) electrons. The van der Waals surface area contributed by atoms with E-state index in [9.17, 15) is 9.59 Å². The molecular weight excluding hydrogens is 251 g/mol. The van der Waals surface area contributed by atoms with Crippen LogP contribution in [-0.4, -0.2) is 66.3 Å². The second kappa shape index (κ2) is 5.70. The molecule has 0 saturated carbocycles. The number of ether oxygens (including phenoxy) is 1. The average molecular weight is 273 g/mol. The van der Waals surface area contributed by atoms with Gasteiger partial charge in [0, 0.05) is 26.2 Å². The summed E-state index contributed by atoms with van der Waals surface area (Å²) < 4.78 is 5.30. The van der Waals surface area contributed by atoms with Gasteiger partial charge in [-0.05, 0) is 20.8 Å². The number of rotatable bonds is 1. The lowest BCUT2D eigenvalue weighted by Gasteiger charge is -2.34. The molecule has 1 rings (SSSR count). The fourth-order valence-corrected chi connectivity index (χ4v) is 2.33. The van der Waals surface area contributed by atoms with Crippen LogP contribution in [-0.2, 0) is 4.74 Å². The first-order valence-electron chi connectivity index (χ1n) is 6.02. The third kappa shape index (κ3) is 4.30. The second-order valence-electron chi connectivity index (χ2n) is 5.43. The Labute approximate surface area is 109 Å². The fourth-order valence-electron chi connectivity index (χ4n) is 1.65. The molecule has 2 amide bonds. The Bertz CT molecular complexity index is 355. The number of piperazine rings is 1. The maximum atomic E-state index is 11.8. The first kappa shape index (κ1) is 15.0.